The Balaban J connectivity index is 1.47. The van der Waals surface area contributed by atoms with Gasteiger partial charge in [0, 0.05) is 24.2 Å². The molecule has 1 amide bonds. The predicted octanol–water partition coefficient (Wildman–Crippen LogP) is 5.43. The van der Waals surface area contributed by atoms with Gasteiger partial charge >= 0.3 is 6.09 Å². The van der Waals surface area contributed by atoms with Crippen LogP contribution < -0.4 is 10.1 Å². The van der Waals surface area contributed by atoms with Crippen molar-refractivity contribution in [2.45, 2.75) is 45.8 Å². The minimum Gasteiger partial charge on any atom is -0.491 e. The van der Waals surface area contributed by atoms with Crippen LogP contribution in [0.5, 0.6) is 5.75 Å². The first-order valence-electron chi connectivity index (χ1n) is 9.84. The van der Waals surface area contributed by atoms with E-state index in [4.69, 9.17) is 21.1 Å². The number of rotatable bonds is 6. The van der Waals surface area contributed by atoms with Gasteiger partial charge in [0.05, 0.1) is 18.8 Å². The van der Waals surface area contributed by atoms with Crippen molar-refractivity contribution in [2.24, 2.45) is 5.92 Å². The molecular weight excluding hydrogens is 410 g/mol. The van der Waals surface area contributed by atoms with Gasteiger partial charge in [0.2, 0.25) is 0 Å². The van der Waals surface area contributed by atoms with Gasteiger partial charge < -0.3 is 19.7 Å². The Bertz CT molecular complexity index is 813. The monoisotopic (exact) mass is 437 g/mol. The number of nitrogens with one attached hydrogen (secondary N) is 1. The molecule has 1 fully saturated rings. The molecule has 158 valence electrons. The first-order valence-corrected chi connectivity index (χ1v) is 11.0. The summed E-state index contributed by atoms with van der Waals surface area (Å²) in [7, 11) is 0. The number of hydrogen-bond acceptors (Lipinski definition) is 6. The molecule has 0 aliphatic carbocycles. The average Bonchev–Trinajstić information content (AvgIpc) is 3.09. The van der Waals surface area contributed by atoms with Crippen LogP contribution in [0.2, 0.25) is 4.47 Å². The molecule has 1 aromatic carbocycles. The smallest absolute Gasteiger partial charge is 0.410 e. The molecule has 2 aromatic rings. The topological polar surface area (TPSA) is 63.7 Å². The van der Waals surface area contributed by atoms with E-state index >= 15 is 0 Å². The van der Waals surface area contributed by atoms with E-state index in [9.17, 15) is 4.79 Å². The predicted molar refractivity (Wildman–Crippen MR) is 117 cm³/mol. The van der Waals surface area contributed by atoms with Gasteiger partial charge in [0.25, 0.3) is 0 Å². The number of nitrogens with zero attached hydrogens (tertiary/aromatic N) is 2. The molecule has 8 heteroatoms. The second-order valence-electron chi connectivity index (χ2n) is 8.15. The van der Waals surface area contributed by atoms with Gasteiger partial charge in [-0.05, 0) is 51.7 Å². The molecule has 3 rings (SSSR count). The first-order chi connectivity index (χ1) is 13.8. The number of ether oxygens (including phenoxy) is 2. The number of hydrogen-bond donors (Lipinski definition) is 1. The zero-order chi connectivity index (χ0) is 20.9. The van der Waals surface area contributed by atoms with E-state index in [1.807, 2.05) is 45.0 Å². The van der Waals surface area contributed by atoms with Crippen molar-refractivity contribution in [2.75, 3.05) is 25.0 Å². The van der Waals surface area contributed by atoms with E-state index in [0.29, 0.717) is 36.6 Å². The van der Waals surface area contributed by atoms with Crippen LogP contribution in [0.4, 0.5) is 10.5 Å². The highest BCUT2D eigenvalue weighted by molar-refractivity contribution is 7.15. The number of thiazole rings is 1. The minimum atomic E-state index is -0.460. The molecular formula is C21H28ClN3O3S. The number of halogens is 1. The fraction of sp³-hybridized carbons (Fsp3) is 0.524. The third-order valence-corrected chi connectivity index (χ3v) is 5.72. The lowest BCUT2D eigenvalue weighted by Gasteiger charge is -2.33. The lowest BCUT2D eigenvalue weighted by Crippen LogP contribution is -2.42. The Morgan fingerprint density at radius 3 is 2.69 bits per heavy atom. The largest absolute Gasteiger partial charge is 0.491 e. The number of likely N-dealkylation sites (tertiary alicyclic amines) is 1. The molecule has 1 saturated heterocycles. The average molecular weight is 438 g/mol. The van der Waals surface area contributed by atoms with E-state index in [1.54, 1.807) is 11.1 Å². The molecule has 1 aliphatic heterocycles. The summed E-state index contributed by atoms with van der Waals surface area (Å²) in [5, 5.41) is 3.39. The molecule has 2 heterocycles. The van der Waals surface area contributed by atoms with Gasteiger partial charge in [-0.1, -0.05) is 23.7 Å². The van der Waals surface area contributed by atoms with E-state index < -0.39 is 5.60 Å². The van der Waals surface area contributed by atoms with Crippen LogP contribution in [0.25, 0.3) is 0 Å². The molecule has 29 heavy (non-hydrogen) atoms. The standard InChI is InChI=1S/C21H28ClN3O3S/c1-21(2,3)28-20(26)25-10-8-15(9-11-25)14-27-18-7-5-4-6-17(18)23-12-16-13-24-19(22)29-16/h4-7,13,15,23H,8-12,14H2,1-3H3. The third kappa shape index (κ3) is 6.78. The van der Waals surface area contributed by atoms with Crippen molar-refractivity contribution in [1.82, 2.24) is 9.88 Å². The van der Waals surface area contributed by atoms with Crippen LogP contribution in [0, 0.1) is 5.92 Å². The highest BCUT2D eigenvalue weighted by Gasteiger charge is 2.27. The lowest BCUT2D eigenvalue weighted by atomic mass is 9.98. The molecule has 0 unspecified atom stereocenters. The van der Waals surface area contributed by atoms with Crippen LogP contribution in [-0.2, 0) is 11.3 Å². The van der Waals surface area contributed by atoms with Crippen LogP contribution in [0.1, 0.15) is 38.5 Å². The maximum absolute atomic E-state index is 12.2. The molecule has 0 saturated carbocycles. The van der Waals surface area contributed by atoms with Gasteiger partial charge in [-0.3, -0.25) is 0 Å². The Kier molecular flexibility index (Phi) is 7.24. The molecule has 0 bridgehead atoms. The van der Waals surface area contributed by atoms with Crippen molar-refractivity contribution in [3.05, 3.63) is 39.8 Å². The van der Waals surface area contributed by atoms with Crippen molar-refractivity contribution < 1.29 is 14.3 Å². The molecule has 0 radical (unpaired) electrons. The van der Waals surface area contributed by atoms with Gasteiger partial charge in [0.1, 0.15) is 11.4 Å². The maximum Gasteiger partial charge on any atom is 0.410 e. The summed E-state index contributed by atoms with van der Waals surface area (Å²) < 4.78 is 12.1. The van der Waals surface area contributed by atoms with Crippen LogP contribution in [0.15, 0.2) is 30.5 Å². The Hall–Kier alpha value is -1.99. The molecule has 1 N–H and O–H groups in total. The summed E-state index contributed by atoms with van der Waals surface area (Å²) in [5.74, 6) is 1.25. The Labute approximate surface area is 181 Å². The molecule has 1 aliphatic rings. The van der Waals surface area contributed by atoms with Crippen LogP contribution in [0.3, 0.4) is 0 Å². The number of carbonyl (C=O) groups excluding carboxylic acids is 1. The normalized spacial score (nSPS) is 15.2. The second kappa shape index (κ2) is 9.67. The molecule has 0 spiro atoms. The Morgan fingerprint density at radius 2 is 2.03 bits per heavy atom. The van der Waals surface area contributed by atoms with Gasteiger partial charge in [-0.15, -0.1) is 11.3 Å². The number of benzene rings is 1. The van der Waals surface area contributed by atoms with Crippen molar-refractivity contribution in [3.63, 3.8) is 0 Å². The van der Waals surface area contributed by atoms with E-state index in [2.05, 4.69) is 10.3 Å². The second-order valence-corrected chi connectivity index (χ2v) is 9.85. The number of aromatic nitrogens is 1. The quantitative estimate of drug-likeness (QED) is 0.652. The number of anilines is 1. The summed E-state index contributed by atoms with van der Waals surface area (Å²) in [5.41, 5.74) is 0.487. The zero-order valence-electron chi connectivity index (χ0n) is 17.1. The first kappa shape index (κ1) is 21.7. The van der Waals surface area contributed by atoms with E-state index in [0.717, 1.165) is 29.2 Å². The van der Waals surface area contributed by atoms with E-state index in [-0.39, 0.29) is 6.09 Å². The SMILES string of the molecule is CC(C)(C)OC(=O)N1CCC(COc2ccccc2NCc2cnc(Cl)s2)CC1. The lowest BCUT2D eigenvalue weighted by molar-refractivity contribution is 0.0165. The van der Waals surface area contributed by atoms with Crippen LogP contribution >= 0.6 is 22.9 Å². The number of piperidine rings is 1. The van der Waals surface area contributed by atoms with Crippen molar-refractivity contribution in [1.29, 1.82) is 0 Å². The summed E-state index contributed by atoms with van der Waals surface area (Å²) in [4.78, 5) is 19.1. The zero-order valence-corrected chi connectivity index (χ0v) is 18.7. The fourth-order valence-electron chi connectivity index (χ4n) is 3.10. The third-order valence-electron chi connectivity index (χ3n) is 4.61. The molecule has 6 nitrogen and oxygen atoms in total. The maximum atomic E-state index is 12.2. The highest BCUT2D eigenvalue weighted by Crippen LogP contribution is 2.28. The van der Waals surface area contributed by atoms with Crippen molar-refractivity contribution in [3.8, 4) is 5.75 Å². The van der Waals surface area contributed by atoms with Gasteiger partial charge in [-0.2, -0.15) is 0 Å². The fourth-order valence-corrected chi connectivity index (χ4v) is 4.02. The number of para-hydroxylation sites is 2. The highest BCUT2D eigenvalue weighted by atomic mass is 35.5. The molecule has 0 atom stereocenters. The summed E-state index contributed by atoms with van der Waals surface area (Å²) >= 11 is 7.36. The van der Waals surface area contributed by atoms with E-state index in [1.165, 1.54) is 11.3 Å². The van der Waals surface area contributed by atoms with Crippen molar-refractivity contribution >= 4 is 34.7 Å². The van der Waals surface area contributed by atoms with Crippen LogP contribution in [-0.4, -0.2) is 41.3 Å². The molecule has 1 aromatic heterocycles. The Morgan fingerprint density at radius 1 is 1.31 bits per heavy atom. The number of amides is 1. The van der Waals surface area contributed by atoms with Gasteiger partial charge in [-0.25, -0.2) is 9.78 Å². The summed E-state index contributed by atoms with van der Waals surface area (Å²) in [6.45, 7) is 8.36. The minimum absolute atomic E-state index is 0.227. The van der Waals surface area contributed by atoms with Gasteiger partial charge in [0.15, 0.2) is 4.47 Å². The number of carbonyl (C=O) groups is 1. The summed E-state index contributed by atoms with van der Waals surface area (Å²) in [6.07, 6.45) is 3.37. The summed E-state index contributed by atoms with van der Waals surface area (Å²) in [6, 6.07) is 7.92.